The molecule has 1 N–H and O–H groups in total. The molecule has 0 spiro atoms. The summed E-state index contributed by atoms with van der Waals surface area (Å²) in [5.41, 5.74) is 4.41. The Morgan fingerprint density at radius 2 is 1.96 bits per heavy atom. The molecule has 1 saturated carbocycles. The van der Waals surface area contributed by atoms with Crippen molar-refractivity contribution in [2.45, 2.75) is 77.8 Å². The van der Waals surface area contributed by atoms with E-state index in [0.717, 1.165) is 35.1 Å². The van der Waals surface area contributed by atoms with Crippen LogP contribution in [0.3, 0.4) is 0 Å². The van der Waals surface area contributed by atoms with Crippen molar-refractivity contribution in [3.8, 4) is 0 Å². The number of aryl methyl sites for hydroxylation is 2. The molecular weight excluding hydrogens is 308 g/mol. The number of H-pyrrole nitrogens is 1. The van der Waals surface area contributed by atoms with Crippen LogP contribution in [0.4, 0.5) is 0 Å². The molecule has 1 aliphatic rings. The molecule has 1 heterocycles. The van der Waals surface area contributed by atoms with E-state index in [-0.39, 0.29) is 5.43 Å². The summed E-state index contributed by atoms with van der Waals surface area (Å²) < 4.78 is 0. The predicted octanol–water partition coefficient (Wildman–Crippen LogP) is 4.94. The van der Waals surface area contributed by atoms with Crippen molar-refractivity contribution < 1.29 is 0 Å². The SMILES string of the molecule is CCCCc1ccc2[nH]c(C)c(CN(C)C3CCCCC3)c(=O)c2c1. The highest BCUT2D eigenvalue weighted by Gasteiger charge is 2.20. The maximum absolute atomic E-state index is 13.1. The molecule has 0 unspecified atom stereocenters. The number of nitrogens with one attached hydrogen (secondary N) is 1. The van der Waals surface area contributed by atoms with E-state index in [2.05, 4.69) is 42.1 Å². The second kappa shape index (κ2) is 8.18. The summed E-state index contributed by atoms with van der Waals surface area (Å²) in [5.74, 6) is 0. The van der Waals surface area contributed by atoms with Gasteiger partial charge in [0.1, 0.15) is 0 Å². The average molecular weight is 341 g/mol. The highest BCUT2D eigenvalue weighted by atomic mass is 16.1. The molecule has 0 saturated heterocycles. The molecule has 3 heteroatoms. The van der Waals surface area contributed by atoms with Gasteiger partial charge in [-0.05, 0) is 57.4 Å². The van der Waals surface area contributed by atoms with E-state index in [1.54, 1.807) is 0 Å². The van der Waals surface area contributed by atoms with Gasteiger partial charge in [0, 0.05) is 34.7 Å². The Hall–Kier alpha value is -1.61. The minimum absolute atomic E-state index is 0.215. The summed E-state index contributed by atoms with van der Waals surface area (Å²) >= 11 is 0. The first-order chi connectivity index (χ1) is 12.1. The van der Waals surface area contributed by atoms with Crippen LogP contribution in [0.1, 0.15) is 68.7 Å². The maximum atomic E-state index is 13.1. The first-order valence-electron chi connectivity index (χ1n) is 9.94. The summed E-state index contributed by atoms with van der Waals surface area (Å²) in [6, 6.07) is 6.96. The van der Waals surface area contributed by atoms with E-state index in [9.17, 15) is 4.79 Å². The Labute approximate surface area is 151 Å². The third-order valence-electron chi connectivity index (χ3n) is 5.80. The standard InChI is InChI=1S/C22H32N2O/c1-4-5-9-17-12-13-21-19(14-17)22(25)20(16(2)23-21)15-24(3)18-10-7-6-8-11-18/h12-14,18H,4-11,15H2,1-3H3,(H,23,25). The van der Waals surface area contributed by atoms with Crippen molar-refractivity contribution in [1.82, 2.24) is 9.88 Å². The monoisotopic (exact) mass is 340 g/mol. The topological polar surface area (TPSA) is 36.1 Å². The molecule has 25 heavy (non-hydrogen) atoms. The minimum Gasteiger partial charge on any atom is -0.358 e. The zero-order valence-electron chi connectivity index (χ0n) is 16.0. The van der Waals surface area contributed by atoms with Crippen LogP contribution < -0.4 is 5.43 Å². The molecule has 0 amide bonds. The Morgan fingerprint density at radius 3 is 2.68 bits per heavy atom. The molecule has 1 aliphatic carbocycles. The molecule has 3 nitrogen and oxygen atoms in total. The molecule has 1 aromatic heterocycles. The molecule has 0 atom stereocenters. The largest absolute Gasteiger partial charge is 0.358 e. The molecule has 1 fully saturated rings. The van der Waals surface area contributed by atoms with Gasteiger partial charge >= 0.3 is 0 Å². The fraction of sp³-hybridized carbons (Fsp3) is 0.591. The lowest BCUT2D eigenvalue weighted by Gasteiger charge is -2.31. The number of hydrogen-bond donors (Lipinski definition) is 1. The number of fused-ring (bicyclic) bond motifs is 1. The van der Waals surface area contributed by atoms with Crippen LogP contribution in [-0.4, -0.2) is 23.0 Å². The van der Waals surface area contributed by atoms with Crippen molar-refractivity contribution in [3.63, 3.8) is 0 Å². The van der Waals surface area contributed by atoms with Gasteiger partial charge in [0.05, 0.1) is 0 Å². The summed E-state index contributed by atoms with van der Waals surface area (Å²) in [4.78, 5) is 19.0. The molecular formula is C22H32N2O. The summed E-state index contributed by atoms with van der Waals surface area (Å²) in [7, 11) is 2.18. The Balaban J connectivity index is 1.89. The summed E-state index contributed by atoms with van der Waals surface area (Å²) in [6.07, 6.45) is 9.94. The van der Waals surface area contributed by atoms with E-state index < -0.39 is 0 Å². The van der Waals surface area contributed by atoms with Crippen LogP contribution in [0.15, 0.2) is 23.0 Å². The lowest BCUT2D eigenvalue weighted by molar-refractivity contribution is 0.184. The van der Waals surface area contributed by atoms with Gasteiger partial charge < -0.3 is 4.98 Å². The first kappa shape index (κ1) is 18.2. The van der Waals surface area contributed by atoms with E-state index in [1.807, 2.05) is 6.92 Å². The highest BCUT2D eigenvalue weighted by molar-refractivity contribution is 5.80. The van der Waals surface area contributed by atoms with Crippen LogP contribution in [-0.2, 0) is 13.0 Å². The zero-order chi connectivity index (χ0) is 17.8. The molecule has 0 aliphatic heterocycles. The summed E-state index contributed by atoms with van der Waals surface area (Å²) in [5, 5.41) is 0.853. The molecule has 3 rings (SSSR count). The fourth-order valence-corrected chi connectivity index (χ4v) is 4.13. The highest BCUT2D eigenvalue weighted by Crippen LogP contribution is 2.23. The third kappa shape index (κ3) is 4.14. The molecule has 136 valence electrons. The van der Waals surface area contributed by atoms with Crippen LogP contribution in [0, 0.1) is 6.92 Å². The number of aromatic nitrogens is 1. The number of benzene rings is 1. The number of hydrogen-bond acceptors (Lipinski definition) is 2. The second-order valence-corrected chi connectivity index (χ2v) is 7.75. The zero-order valence-corrected chi connectivity index (χ0v) is 16.0. The Kier molecular flexibility index (Phi) is 5.95. The van der Waals surface area contributed by atoms with Crippen molar-refractivity contribution in [1.29, 1.82) is 0 Å². The lowest BCUT2D eigenvalue weighted by atomic mass is 9.94. The van der Waals surface area contributed by atoms with E-state index in [0.29, 0.717) is 6.04 Å². The number of rotatable bonds is 6. The van der Waals surface area contributed by atoms with Crippen molar-refractivity contribution in [3.05, 3.63) is 45.2 Å². The van der Waals surface area contributed by atoms with Crippen LogP contribution in [0.2, 0.25) is 0 Å². The first-order valence-corrected chi connectivity index (χ1v) is 9.94. The lowest BCUT2D eigenvalue weighted by Crippen LogP contribution is -2.34. The van der Waals surface area contributed by atoms with Crippen molar-refractivity contribution in [2.24, 2.45) is 0 Å². The van der Waals surface area contributed by atoms with Gasteiger partial charge in [-0.1, -0.05) is 38.7 Å². The van der Waals surface area contributed by atoms with Crippen LogP contribution >= 0.6 is 0 Å². The smallest absolute Gasteiger partial charge is 0.194 e. The fourth-order valence-electron chi connectivity index (χ4n) is 4.13. The number of aromatic amines is 1. The van der Waals surface area contributed by atoms with Gasteiger partial charge in [0.25, 0.3) is 0 Å². The van der Waals surface area contributed by atoms with Gasteiger partial charge in [-0.15, -0.1) is 0 Å². The number of unbranched alkanes of at least 4 members (excludes halogenated alkanes) is 1. The van der Waals surface area contributed by atoms with Gasteiger partial charge in [0.2, 0.25) is 0 Å². The van der Waals surface area contributed by atoms with E-state index in [1.165, 1.54) is 50.5 Å². The second-order valence-electron chi connectivity index (χ2n) is 7.75. The Bertz CT molecular complexity index is 771. The van der Waals surface area contributed by atoms with E-state index in [4.69, 9.17) is 0 Å². The van der Waals surface area contributed by atoms with Gasteiger partial charge in [-0.25, -0.2) is 0 Å². The summed E-state index contributed by atoms with van der Waals surface area (Å²) in [6.45, 7) is 4.99. The van der Waals surface area contributed by atoms with Crippen molar-refractivity contribution in [2.75, 3.05) is 7.05 Å². The third-order valence-corrected chi connectivity index (χ3v) is 5.80. The van der Waals surface area contributed by atoms with Crippen LogP contribution in [0.25, 0.3) is 10.9 Å². The average Bonchev–Trinajstić information content (AvgIpc) is 2.64. The number of nitrogens with zero attached hydrogens (tertiary/aromatic N) is 1. The van der Waals surface area contributed by atoms with Gasteiger partial charge in [-0.3, -0.25) is 9.69 Å². The quantitative estimate of drug-likeness (QED) is 0.808. The molecule has 1 aromatic carbocycles. The van der Waals surface area contributed by atoms with Gasteiger partial charge in [0.15, 0.2) is 5.43 Å². The predicted molar refractivity (Wildman–Crippen MR) is 106 cm³/mol. The Morgan fingerprint density at radius 1 is 1.20 bits per heavy atom. The van der Waals surface area contributed by atoms with Gasteiger partial charge in [-0.2, -0.15) is 0 Å². The normalized spacial score (nSPS) is 16.0. The molecule has 0 bridgehead atoms. The van der Waals surface area contributed by atoms with E-state index >= 15 is 0 Å². The maximum Gasteiger partial charge on any atom is 0.194 e. The minimum atomic E-state index is 0.215. The van der Waals surface area contributed by atoms with Crippen LogP contribution in [0.5, 0.6) is 0 Å². The number of pyridine rings is 1. The molecule has 2 aromatic rings. The molecule has 0 radical (unpaired) electrons. The van der Waals surface area contributed by atoms with Crippen molar-refractivity contribution >= 4 is 10.9 Å².